The third-order valence-corrected chi connectivity index (χ3v) is 5.31. The van der Waals surface area contributed by atoms with Gasteiger partial charge in [0.2, 0.25) is 0 Å². The number of piperidine rings is 1. The molecule has 2 aliphatic rings. The van der Waals surface area contributed by atoms with Gasteiger partial charge in [0.25, 0.3) is 0 Å². The lowest BCUT2D eigenvalue weighted by Gasteiger charge is -2.32. The van der Waals surface area contributed by atoms with Gasteiger partial charge in [0.05, 0.1) is 6.10 Å². The van der Waals surface area contributed by atoms with E-state index in [0.29, 0.717) is 12.6 Å². The summed E-state index contributed by atoms with van der Waals surface area (Å²) < 4.78 is 0. The van der Waals surface area contributed by atoms with Crippen molar-refractivity contribution in [2.24, 2.45) is 11.8 Å². The van der Waals surface area contributed by atoms with Gasteiger partial charge in [-0.1, -0.05) is 13.0 Å². The maximum absolute atomic E-state index is 10.4. The highest BCUT2D eigenvalue weighted by molar-refractivity contribution is 5.07. The van der Waals surface area contributed by atoms with Crippen molar-refractivity contribution >= 4 is 0 Å². The van der Waals surface area contributed by atoms with Crippen LogP contribution in [-0.2, 0) is 6.42 Å². The van der Waals surface area contributed by atoms with Gasteiger partial charge >= 0.3 is 0 Å². The Balaban J connectivity index is 1.41. The minimum atomic E-state index is -0.270. The predicted molar refractivity (Wildman–Crippen MR) is 93.3 cm³/mol. The van der Waals surface area contributed by atoms with Gasteiger partial charge in [-0.2, -0.15) is 0 Å². The Labute approximate surface area is 140 Å². The number of nitrogens with one attached hydrogen (secondary N) is 1. The minimum Gasteiger partial charge on any atom is -0.390 e. The van der Waals surface area contributed by atoms with Crippen LogP contribution in [-0.4, -0.2) is 53.3 Å². The second kappa shape index (κ2) is 8.22. The summed E-state index contributed by atoms with van der Waals surface area (Å²) in [6.45, 7) is 6.10. The van der Waals surface area contributed by atoms with Crippen molar-refractivity contribution in [3.05, 3.63) is 30.1 Å². The molecule has 23 heavy (non-hydrogen) atoms. The third kappa shape index (κ3) is 5.55. The normalized spacial score (nSPS) is 22.9. The molecular weight excluding hydrogens is 286 g/mol. The summed E-state index contributed by atoms with van der Waals surface area (Å²) in [5, 5.41) is 14.0. The van der Waals surface area contributed by atoms with Gasteiger partial charge in [0, 0.05) is 37.4 Å². The Morgan fingerprint density at radius 1 is 1.26 bits per heavy atom. The van der Waals surface area contributed by atoms with E-state index in [1.807, 2.05) is 12.3 Å². The van der Waals surface area contributed by atoms with E-state index in [9.17, 15) is 5.11 Å². The van der Waals surface area contributed by atoms with Crippen LogP contribution in [0.5, 0.6) is 0 Å². The summed E-state index contributed by atoms with van der Waals surface area (Å²) in [5.74, 6) is 1.61. The molecule has 4 nitrogen and oxygen atoms in total. The summed E-state index contributed by atoms with van der Waals surface area (Å²) in [6, 6.07) is 6.58. The van der Waals surface area contributed by atoms with Crippen LogP contribution in [0.25, 0.3) is 0 Å². The molecule has 1 saturated carbocycles. The van der Waals surface area contributed by atoms with Crippen molar-refractivity contribution in [2.45, 2.75) is 51.2 Å². The summed E-state index contributed by atoms with van der Waals surface area (Å²) in [7, 11) is 0. The highest BCUT2D eigenvalue weighted by Crippen LogP contribution is 2.33. The quantitative estimate of drug-likeness (QED) is 0.771. The molecule has 2 unspecified atom stereocenters. The Kier molecular flexibility index (Phi) is 6.03. The number of β-amino-alcohol motifs (C(OH)–C–C–N with tert-alkyl or cyclic N) is 1. The van der Waals surface area contributed by atoms with Crippen molar-refractivity contribution in [1.82, 2.24) is 15.2 Å². The van der Waals surface area contributed by atoms with Crippen molar-refractivity contribution < 1.29 is 5.11 Å². The molecule has 0 aromatic carbocycles. The van der Waals surface area contributed by atoms with E-state index in [0.717, 1.165) is 43.6 Å². The molecule has 1 aliphatic carbocycles. The van der Waals surface area contributed by atoms with E-state index >= 15 is 0 Å². The lowest BCUT2D eigenvalue weighted by atomic mass is 9.99. The zero-order chi connectivity index (χ0) is 16.1. The fourth-order valence-corrected chi connectivity index (χ4v) is 3.54. The Hall–Kier alpha value is -0.970. The van der Waals surface area contributed by atoms with Gasteiger partial charge in [-0.25, -0.2) is 0 Å². The molecule has 0 spiro atoms. The molecule has 2 fully saturated rings. The number of rotatable bonds is 8. The van der Waals surface area contributed by atoms with Crippen LogP contribution in [0.1, 0.15) is 38.3 Å². The molecule has 1 aromatic rings. The summed E-state index contributed by atoms with van der Waals surface area (Å²) in [6.07, 6.45) is 7.73. The van der Waals surface area contributed by atoms with E-state index in [1.165, 1.54) is 25.7 Å². The largest absolute Gasteiger partial charge is 0.390 e. The fourth-order valence-electron chi connectivity index (χ4n) is 3.54. The van der Waals surface area contributed by atoms with Crippen LogP contribution in [0, 0.1) is 11.8 Å². The zero-order valence-electron chi connectivity index (χ0n) is 14.3. The van der Waals surface area contributed by atoms with E-state index in [4.69, 9.17) is 0 Å². The molecule has 3 rings (SSSR count). The number of likely N-dealkylation sites (tertiary alicyclic amines) is 1. The van der Waals surface area contributed by atoms with Crippen LogP contribution >= 0.6 is 0 Å². The first-order valence-electron chi connectivity index (χ1n) is 9.24. The number of aliphatic hydroxyl groups excluding tert-OH is 1. The molecule has 2 atom stereocenters. The van der Waals surface area contributed by atoms with Crippen molar-refractivity contribution in [1.29, 1.82) is 0 Å². The van der Waals surface area contributed by atoms with Crippen molar-refractivity contribution in [3.63, 3.8) is 0 Å². The highest BCUT2D eigenvalue weighted by Gasteiger charge is 2.31. The molecule has 0 amide bonds. The van der Waals surface area contributed by atoms with Crippen molar-refractivity contribution in [3.8, 4) is 0 Å². The van der Waals surface area contributed by atoms with E-state index in [-0.39, 0.29) is 6.10 Å². The maximum Gasteiger partial charge on any atom is 0.0791 e. The number of aliphatic hydroxyl groups is 1. The zero-order valence-corrected chi connectivity index (χ0v) is 14.3. The van der Waals surface area contributed by atoms with Gasteiger partial charge in [-0.05, 0) is 62.7 Å². The fraction of sp³-hybridized carbons (Fsp3) is 0.737. The average Bonchev–Trinajstić information content (AvgIpc) is 3.39. The third-order valence-electron chi connectivity index (χ3n) is 5.31. The Bertz CT molecular complexity index is 455. The van der Waals surface area contributed by atoms with Gasteiger partial charge in [-0.15, -0.1) is 0 Å². The summed E-state index contributed by atoms with van der Waals surface area (Å²) in [4.78, 5) is 6.86. The monoisotopic (exact) mass is 317 g/mol. The number of pyridine rings is 1. The van der Waals surface area contributed by atoms with Crippen molar-refractivity contribution in [2.75, 3.05) is 26.2 Å². The molecule has 2 N–H and O–H groups in total. The average molecular weight is 317 g/mol. The minimum absolute atomic E-state index is 0.270. The smallest absolute Gasteiger partial charge is 0.0791 e. The van der Waals surface area contributed by atoms with Gasteiger partial charge in [0.1, 0.15) is 0 Å². The number of nitrogens with zero attached hydrogens (tertiary/aromatic N) is 2. The number of hydrogen-bond acceptors (Lipinski definition) is 4. The summed E-state index contributed by atoms with van der Waals surface area (Å²) in [5.41, 5.74) is 1.15. The first-order valence-corrected chi connectivity index (χ1v) is 9.24. The predicted octanol–water partition coefficient (Wildman–Crippen LogP) is 2.09. The van der Waals surface area contributed by atoms with Crippen LogP contribution in [0.15, 0.2) is 24.4 Å². The van der Waals surface area contributed by atoms with E-state index in [2.05, 4.69) is 34.3 Å². The molecule has 4 heteroatoms. The molecule has 2 heterocycles. The molecule has 128 valence electrons. The molecule has 1 aliphatic heterocycles. The second-order valence-corrected chi connectivity index (χ2v) is 7.51. The highest BCUT2D eigenvalue weighted by atomic mass is 16.3. The first-order chi connectivity index (χ1) is 11.2. The first kappa shape index (κ1) is 16.9. The van der Waals surface area contributed by atoms with Gasteiger partial charge < -0.3 is 15.3 Å². The maximum atomic E-state index is 10.4. The topological polar surface area (TPSA) is 48.4 Å². The lowest BCUT2D eigenvalue weighted by Crippen LogP contribution is -2.45. The molecule has 1 saturated heterocycles. The summed E-state index contributed by atoms with van der Waals surface area (Å²) >= 11 is 0. The van der Waals surface area contributed by atoms with Gasteiger partial charge in [-0.3, -0.25) is 4.98 Å². The van der Waals surface area contributed by atoms with Crippen LogP contribution < -0.4 is 5.32 Å². The second-order valence-electron chi connectivity index (χ2n) is 7.51. The Morgan fingerprint density at radius 2 is 2.04 bits per heavy atom. The molecule has 0 bridgehead atoms. The van der Waals surface area contributed by atoms with Crippen LogP contribution in [0.3, 0.4) is 0 Å². The number of aromatic nitrogens is 1. The SMILES string of the molecule is CC1CCN(CC(O)CNC(Cc2ccccn2)C2CC2)CC1. The van der Waals surface area contributed by atoms with Crippen LogP contribution in [0.4, 0.5) is 0 Å². The molecule has 0 radical (unpaired) electrons. The van der Waals surface area contributed by atoms with Crippen LogP contribution in [0.2, 0.25) is 0 Å². The Morgan fingerprint density at radius 3 is 2.70 bits per heavy atom. The van der Waals surface area contributed by atoms with E-state index in [1.54, 1.807) is 0 Å². The molecular formula is C19H31N3O. The molecule has 1 aromatic heterocycles. The number of hydrogen-bond donors (Lipinski definition) is 2. The van der Waals surface area contributed by atoms with Gasteiger partial charge in [0.15, 0.2) is 0 Å². The van der Waals surface area contributed by atoms with E-state index < -0.39 is 0 Å². The lowest BCUT2D eigenvalue weighted by molar-refractivity contribution is 0.0881. The standard InChI is InChI=1S/C19H31N3O/c1-15-7-10-22(11-8-15)14-18(23)13-21-19(16-5-6-16)12-17-4-2-3-9-20-17/h2-4,9,15-16,18-19,21,23H,5-8,10-14H2,1H3.